The van der Waals surface area contributed by atoms with Gasteiger partial charge in [0.05, 0.1) is 0 Å². The van der Waals surface area contributed by atoms with Crippen molar-refractivity contribution in [2.45, 2.75) is 19.8 Å². The molecule has 0 saturated carbocycles. The van der Waals surface area contributed by atoms with E-state index in [-0.39, 0.29) is 0 Å². The lowest BCUT2D eigenvalue weighted by Crippen LogP contribution is -2.19. The molecule has 14 heavy (non-hydrogen) atoms. The molecule has 0 aliphatic rings. The molecule has 3 heteroatoms. The Labute approximate surface area is 95.4 Å². The third-order valence-electron chi connectivity index (χ3n) is 2.19. The SMILES string of the molecule is CCNCC(C)c1ccc(Cl)cc1Cl. The molecule has 78 valence electrons. The van der Waals surface area contributed by atoms with Crippen LogP contribution in [0.25, 0.3) is 0 Å². The number of nitrogens with one attached hydrogen (secondary N) is 1. The van der Waals surface area contributed by atoms with Crippen LogP contribution < -0.4 is 5.32 Å². The molecule has 1 aromatic carbocycles. The number of likely N-dealkylation sites (N-methyl/N-ethyl adjacent to an activating group) is 1. The van der Waals surface area contributed by atoms with Crippen molar-refractivity contribution in [3.05, 3.63) is 33.8 Å². The summed E-state index contributed by atoms with van der Waals surface area (Å²) in [7, 11) is 0. The minimum absolute atomic E-state index is 0.416. The van der Waals surface area contributed by atoms with E-state index in [9.17, 15) is 0 Å². The maximum atomic E-state index is 6.09. The molecular weight excluding hydrogens is 217 g/mol. The van der Waals surface area contributed by atoms with Gasteiger partial charge in [0.1, 0.15) is 0 Å². The molecule has 0 aliphatic carbocycles. The second-order valence-corrected chi connectivity index (χ2v) is 4.22. The van der Waals surface area contributed by atoms with Crippen LogP contribution >= 0.6 is 23.2 Å². The Morgan fingerprint density at radius 1 is 1.36 bits per heavy atom. The second kappa shape index (κ2) is 5.59. The highest BCUT2D eigenvalue weighted by Gasteiger charge is 2.08. The summed E-state index contributed by atoms with van der Waals surface area (Å²) in [5.41, 5.74) is 1.15. The van der Waals surface area contributed by atoms with Gasteiger partial charge in [-0.1, -0.05) is 43.1 Å². The van der Waals surface area contributed by atoms with Crippen LogP contribution in [0.15, 0.2) is 18.2 Å². The van der Waals surface area contributed by atoms with Crippen LogP contribution in [-0.4, -0.2) is 13.1 Å². The summed E-state index contributed by atoms with van der Waals surface area (Å²) in [5.74, 6) is 0.416. The average Bonchev–Trinajstić information content (AvgIpc) is 2.14. The van der Waals surface area contributed by atoms with Gasteiger partial charge in [-0.3, -0.25) is 0 Å². The van der Waals surface area contributed by atoms with Crippen LogP contribution in [0.1, 0.15) is 25.3 Å². The lowest BCUT2D eigenvalue weighted by atomic mass is 10.0. The van der Waals surface area contributed by atoms with Crippen LogP contribution in [0.5, 0.6) is 0 Å². The standard InChI is InChI=1S/C11H15Cl2N/c1-3-14-7-8(2)10-5-4-9(12)6-11(10)13/h4-6,8,14H,3,7H2,1-2H3. The number of hydrogen-bond donors (Lipinski definition) is 1. The first-order valence-corrected chi connectivity index (χ1v) is 5.56. The van der Waals surface area contributed by atoms with Crippen molar-refractivity contribution in [2.24, 2.45) is 0 Å². The van der Waals surface area contributed by atoms with Gasteiger partial charge in [-0.2, -0.15) is 0 Å². The minimum Gasteiger partial charge on any atom is -0.316 e. The first kappa shape index (κ1) is 11.8. The number of halogens is 2. The Bertz CT molecular complexity index is 299. The molecular formula is C11H15Cl2N. The van der Waals surface area contributed by atoms with Crippen LogP contribution in [0.3, 0.4) is 0 Å². The van der Waals surface area contributed by atoms with E-state index < -0.39 is 0 Å². The zero-order valence-corrected chi connectivity index (χ0v) is 9.99. The lowest BCUT2D eigenvalue weighted by Gasteiger charge is -2.13. The Hall–Kier alpha value is -0.240. The van der Waals surface area contributed by atoms with Gasteiger partial charge in [0.2, 0.25) is 0 Å². The molecule has 0 amide bonds. The lowest BCUT2D eigenvalue weighted by molar-refractivity contribution is 0.635. The molecule has 1 N–H and O–H groups in total. The summed E-state index contributed by atoms with van der Waals surface area (Å²) in [5, 5.41) is 4.74. The average molecular weight is 232 g/mol. The van der Waals surface area contributed by atoms with Crippen LogP contribution in [0.2, 0.25) is 10.0 Å². The monoisotopic (exact) mass is 231 g/mol. The van der Waals surface area contributed by atoms with Gasteiger partial charge in [0.15, 0.2) is 0 Å². The Balaban J connectivity index is 2.74. The number of benzene rings is 1. The van der Waals surface area contributed by atoms with E-state index in [1.807, 2.05) is 12.1 Å². The molecule has 0 bridgehead atoms. The van der Waals surface area contributed by atoms with Crippen LogP contribution in [-0.2, 0) is 0 Å². The van der Waals surface area contributed by atoms with Crippen molar-refractivity contribution in [3.63, 3.8) is 0 Å². The van der Waals surface area contributed by atoms with Gasteiger partial charge in [-0.05, 0) is 30.2 Å². The predicted octanol–water partition coefficient (Wildman–Crippen LogP) is 3.71. The largest absolute Gasteiger partial charge is 0.316 e. The molecule has 0 spiro atoms. The number of rotatable bonds is 4. The van der Waals surface area contributed by atoms with E-state index in [0.717, 1.165) is 23.7 Å². The Morgan fingerprint density at radius 2 is 2.07 bits per heavy atom. The Morgan fingerprint density at radius 3 is 2.64 bits per heavy atom. The maximum Gasteiger partial charge on any atom is 0.0456 e. The minimum atomic E-state index is 0.416. The fourth-order valence-corrected chi connectivity index (χ4v) is 1.97. The highest BCUT2D eigenvalue weighted by molar-refractivity contribution is 6.35. The van der Waals surface area contributed by atoms with Crippen molar-refractivity contribution in [1.29, 1.82) is 0 Å². The van der Waals surface area contributed by atoms with Crippen LogP contribution in [0.4, 0.5) is 0 Å². The smallest absolute Gasteiger partial charge is 0.0456 e. The van der Waals surface area contributed by atoms with E-state index in [1.54, 1.807) is 6.07 Å². The molecule has 1 nitrogen and oxygen atoms in total. The topological polar surface area (TPSA) is 12.0 Å². The summed E-state index contributed by atoms with van der Waals surface area (Å²) < 4.78 is 0. The van der Waals surface area contributed by atoms with Gasteiger partial charge in [0.25, 0.3) is 0 Å². The molecule has 0 radical (unpaired) electrons. The van der Waals surface area contributed by atoms with E-state index >= 15 is 0 Å². The van der Waals surface area contributed by atoms with Crippen LogP contribution in [0, 0.1) is 0 Å². The summed E-state index contributed by atoms with van der Waals surface area (Å²) >= 11 is 11.9. The quantitative estimate of drug-likeness (QED) is 0.834. The van der Waals surface area contributed by atoms with Gasteiger partial charge < -0.3 is 5.32 Å². The first-order chi connectivity index (χ1) is 6.65. The van der Waals surface area contributed by atoms with E-state index in [0.29, 0.717) is 10.9 Å². The second-order valence-electron chi connectivity index (χ2n) is 3.37. The third-order valence-corrected chi connectivity index (χ3v) is 2.76. The zero-order valence-electron chi connectivity index (χ0n) is 8.48. The zero-order chi connectivity index (χ0) is 10.6. The molecule has 0 aliphatic heterocycles. The van der Waals surface area contributed by atoms with Gasteiger partial charge in [0, 0.05) is 16.6 Å². The highest BCUT2D eigenvalue weighted by Crippen LogP contribution is 2.26. The van der Waals surface area contributed by atoms with Crippen molar-refractivity contribution in [3.8, 4) is 0 Å². The molecule has 0 fully saturated rings. The molecule has 1 rings (SSSR count). The fraction of sp³-hybridized carbons (Fsp3) is 0.455. The summed E-state index contributed by atoms with van der Waals surface area (Å²) in [6.45, 7) is 6.17. The van der Waals surface area contributed by atoms with E-state index in [4.69, 9.17) is 23.2 Å². The fourth-order valence-electron chi connectivity index (χ4n) is 1.37. The predicted molar refractivity (Wildman–Crippen MR) is 63.4 cm³/mol. The third kappa shape index (κ3) is 3.16. The maximum absolute atomic E-state index is 6.09. The normalized spacial score (nSPS) is 12.9. The molecule has 0 heterocycles. The van der Waals surface area contributed by atoms with Crippen molar-refractivity contribution in [2.75, 3.05) is 13.1 Å². The summed E-state index contributed by atoms with van der Waals surface area (Å²) in [6, 6.07) is 5.67. The summed E-state index contributed by atoms with van der Waals surface area (Å²) in [4.78, 5) is 0. The van der Waals surface area contributed by atoms with Gasteiger partial charge in [-0.25, -0.2) is 0 Å². The van der Waals surface area contributed by atoms with E-state index in [1.165, 1.54) is 0 Å². The molecule has 1 unspecified atom stereocenters. The summed E-state index contributed by atoms with van der Waals surface area (Å²) in [6.07, 6.45) is 0. The molecule has 0 aromatic heterocycles. The van der Waals surface area contributed by atoms with Crippen molar-refractivity contribution >= 4 is 23.2 Å². The van der Waals surface area contributed by atoms with E-state index in [2.05, 4.69) is 19.2 Å². The number of hydrogen-bond acceptors (Lipinski definition) is 1. The molecule has 1 atom stereocenters. The van der Waals surface area contributed by atoms with Gasteiger partial charge >= 0.3 is 0 Å². The highest BCUT2D eigenvalue weighted by atomic mass is 35.5. The first-order valence-electron chi connectivity index (χ1n) is 4.80. The Kier molecular flexibility index (Phi) is 4.73. The molecule has 0 saturated heterocycles. The van der Waals surface area contributed by atoms with Crippen molar-refractivity contribution in [1.82, 2.24) is 5.32 Å². The molecule has 1 aromatic rings. The van der Waals surface area contributed by atoms with Crippen molar-refractivity contribution < 1.29 is 0 Å². The van der Waals surface area contributed by atoms with Gasteiger partial charge in [-0.15, -0.1) is 0 Å².